The van der Waals surface area contributed by atoms with Gasteiger partial charge in [0, 0.05) is 16.3 Å². The fourth-order valence-electron chi connectivity index (χ4n) is 3.08. The molecule has 0 bridgehead atoms. The molecule has 6 heteroatoms. The van der Waals surface area contributed by atoms with E-state index in [2.05, 4.69) is 29.2 Å². The summed E-state index contributed by atoms with van der Waals surface area (Å²) in [5.74, 6) is 0.670. The summed E-state index contributed by atoms with van der Waals surface area (Å²) in [7, 11) is 0. The van der Waals surface area contributed by atoms with Crippen LogP contribution >= 0.6 is 35.0 Å². The third-order valence-electron chi connectivity index (χ3n) is 4.45. The van der Waals surface area contributed by atoms with Crippen LogP contribution < -0.4 is 9.80 Å². The van der Waals surface area contributed by atoms with E-state index >= 15 is 0 Å². The summed E-state index contributed by atoms with van der Waals surface area (Å²) in [5, 5.41) is 11.5. The van der Waals surface area contributed by atoms with Gasteiger partial charge in [0.1, 0.15) is 12.6 Å². The molecule has 1 heterocycles. The van der Waals surface area contributed by atoms with Gasteiger partial charge >= 0.3 is 0 Å². The van der Waals surface area contributed by atoms with E-state index in [-0.39, 0.29) is 6.10 Å². The maximum Gasteiger partial charge on any atom is 0.112 e. The number of hydrogen-bond donors (Lipinski definition) is 2. The van der Waals surface area contributed by atoms with Crippen molar-refractivity contribution in [3.8, 4) is 0 Å². The Balaban J connectivity index is 1.41. The molecule has 0 unspecified atom stereocenters. The Morgan fingerprint density at radius 2 is 1.76 bits per heavy atom. The third kappa shape index (κ3) is 5.53. The number of piperazine rings is 1. The average molecular weight is 398 g/mol. The lowest BCUT2D eigenvalue weighted by Gasteiger charge is -2.34. The molecule has 1 saturated heterocycles. The summed E-state index contributed by atoms with van der Waals surface area (Å²) >= 11 is 13.6. The Kier molecular flexibility index (Phi) is 6.91. The lowest BCUT2D eigenvalue weighted by molar-refractivity contribution is -0.903. The molecule has 1 aliphatic heterocycles. The normalized spacial score (nSPS) is 16.8. The molecule has 0 radical (unpaired) electrons. The molecular formula is C19H23Cl2N2OS+. The molecule has 3 rings (SSSR count). The first-order chi connectivity index (χ1) is 12.1. The standard InChI is InChI=1S/C19H22Cl2N2OS/c20-18-7-6-17(12-19(18)21)25-14-16(24)13-22-8-10-23(11-9-22)15-4-2-1-3-5-15/h1-7,12,16,24H,8-11,13-14H2/p+1/t16-/m1/s1. The number of halogens is 2. The Morgan fingerprint density at radius 1 is 1.04 bits per heavy atom. The van der Waals surface area contributed by atoms with Gasteiger partial charge in [-0.25, -0.2) is 0 Å². The molecule has 25 heavy (non-hydrogen) atoms. The van der Waals surface area contributed by atoms with Gasteiger partial charge in [-0.05, 0) is 30.3 Å². The predicted octanol–water partition coefficient (Wildman–Crippen LogP) is 2.85. The van der Waals surface area contributed by atoms with Crippen molar-refractivity contribution in [3.05, 3.63) is 58.6 Å². The minimum Gasteiger partial charge on any atom is -0.386 e. The van der Waals surface area contributed by atoms with Gasteiger partial charge in [0.2, 0.25) is 0 Å². The Bertz CT molecular complexity index is 678. The fourth-order valence-corrected chi connectivity index (χ4v) is 4.31. The van der Waals surface area contributed by atoms with Crippen molar-refractivity contribution in [1.82, 2.24) is 0 Å². The molecule has 1 atom stereocenters. The molecule has 0 amide bonds. The molecule has 1 aliphatic rings. The number of para-hydroxylation sites is 1. The smallest absolute Gasteiger partial charge is 0.112 e. The third-order valence-corrected chi connectivity index (χ3v) is 6.33. The molecule has 1 fully saturated rings. The Morgan fingerprint density at radius 3 is 2.44 bits per heavy atom. The number of anilines is 1. The van der Waals surface area contributed by atoms with E-state index < -0.39 is 0 Å². The van der Waals surface area contributed by atoms with Crippen LogP contribution in [0.5, 0.6) is 0 Å². The second kappa shape index (κ2) is 9.15. The summed E-state index contributed by atoms with van der Waals surface area (Å²) in [6.45, 7) is 4.97. The zero-order chi connectivity index (χ0) is 17.6. The zero-order valence-corrected chi connectivity index (χ0v) is 16.3. The largest absolute Gasteiger partial charge is 0.386 e. The van der Waals surface area contributed by atoms with Gasteiger partial charge in [-0.3, -0.25) is 0 Å². The first-order valence-corrected chi connectivity index (χ1v) is 10.3. The van der Waals surface area contributed by atoms with Crippen LogP contribution in [0.25, 0.3) is 0 Å². The highest BCUT2D eigenvalue weighted by Crippen LogP contribution is 2.28. The zero-order valence-electron chi connectivity index (χ0n) is 14.0. The van der Waals surface area contributed by atoms with Gasteiger partial charge in [0.05, 0.1) is 36.2 Å². The van der Waals surface area contributed by atoms with Crippen LogP contribution in [0.15, 0.2) is 53.4 Å². The first-order valence-electron chi connectivity index (χ1n) is 8.51. The highest BCUT2D eigenvalue weighted by atomic mass is 35.5. The van der Waals surface area contributed by atoms with Crippen LogP contribution in [0.2, 0.25) is 10.0 Å². The van der Waals surface area contributed by atoms with Crippen molar-refractivity contribution in [2.75, 3.05) is 43.4 Å². The topological polar surface area (TPSA) is 27.9 Å². The van der Waals surface area contributed by atoms with E-state index in [1.165, 1.54) is 10.6 Å². The second-order valence-electron chi connectivity index (χ2n) is 6.32. The second-order valence-corrected chi connectivity index (χ2v) is 8.23. The molecule has 0 aromatic heterocycles. The van der Waals surface area contributed by atoms with Crippen LogP contribution in [0.4, 0.5) is 5.69 Å². The van der Waals surface area contributed by atoms with Gasteiger partial charge in [-0.15, -0.1) is 11.8 Å². The van der Waals surface area contributed by atoms with E-state index in [4.69, 9.17) is 23.2 Å². The lowest BCUT2D eigenvalue weighted by atomic mass is 10.2. The summed E-state index contributed by atoms with van der Waals surface area (Å²) in [4.78, 5) is 4.92. The number of quaternary nitrogens is 1. The number of hydrogen-bond acceptors (Lipinski definition) is 3. The Hall–Kier alpha value is -0.910. The quantitative estimate of drug-likeness (QED) is 0.733. The molecule has 0 spiro atoms. The molecule has 0 saturated carbocycles. The van der Waals surface area contributed by atoms with E-state index in [0.29, 0.717) is 15.8 Å². The minimum atomic E-state index is -0.322. The van der Waals surface area contributed by atoms with Gasteiger partial charge in [0.25, 0.3) is 0 Å². The average Bonchev–Trinajstić information content (AvgIpc) is 2.64. The van der Waals surface area contributed by atoms with Crippen molar-refractivity contribution >= 4 is 40.7 Å². The van der Waals surface area contributed by atoms with Crippen LogP contribution in [-0.2, 0) is 0 Å². The van der Waals surface area contributed by atoms with Crippen molar-refractivity contribution in [2.24, 2.45) is 0 Å². The maximum atomic E-state index is 10.4. The van der Waals surface area contributed by atoms with E-state index in [0.717, 1.165) is 37.6 Å². The molecule has 3 nitrogen and oxygen atoms in total. The summed E-state index contributed by atoms with van der Waals surface area (Å²) in [6, 6.07) is 16.1. The number of aliphatic hydroxyl groups excluding tert-OH is 1. The molecule has 0 aliphatic carbocycles. The molecule has 2 N–H and O–H groups in total. The molecule has 2 aromatic carbocycles. The fraction of sp³-hybridized carbons (Fsp3) is 0.368. The highest BCUT2D eigenvalue weighted by Gasteiger charge is 2.22. The maximum absolute atomic E-state index is 10.4. The van der Waals surface area contributed by atoms with Crippen molar-refractivity contribution in [1.29, 1.82) is 0 Å². The van der Waals surface area contributed by atoms with Crippen LogP contribution in [0.1, 0.15) is 0 Å². The number of nitrogens with one attached hydrogen (secondary N) is 1. The number of nitrogens with zero attached hydrogens (tertiary/aromatic N) is 1. The monoisotopic (exact) mass is 397 g/mol. The van der Waals surface area contributed by atoms with E-state index in [1.807, 2.05) is 18.2 Å². The summed E-state index contributed by atoms with van der Waals surface area (Å²) in [5.41, 5.74) is 1.29. The predicted molar refractivity (Wildman–Crippen MR) is 107 cm³/mol. The van der Waals surface area contributed by atoms with Crippen molar-refractivity contribution in [3.63, 3.8) is 0 Å². The highest BCUT2D eigenvalue weighted by molar-refractivity contribution is 7.99. The summed E-state index contributed by atoms with van der Waals surface area (Å²) < 4.78 is 0. The van der Waals surface area contributed by atoms with Crippen LogP contribution in [0, 0.1) is 0 Å². The van der Waals surface area contributed by atoms with E-state index in [9.17, 15) is 5.11 Å². The van der Waals surface area contributed by atoms with Crippen molar-refractivity contribution < 1.29 is 10.0 Å². The van der Waals surface area contributed by atoms with Gasteiger partial charge in [-0.1, -0.05) is 41.4 Å². The van der Waals surface area contributed by atoms with Crippen molar-refractivity contribution in [2.45, 2.75) is 11.0 Å². The molecular weight excluding hydrogens is 375 g/mol. The Labute approximate surface area is 163 Å². The number of rotatable bonds is 6. The van der Waals surface area contributed by atoms with Crippen LogP contribution in [0.3, 0.4) is 0 Å². The number of thioether (sulfide) groups is 1. The SMILES string of the molecule is O[C@@H](CSc1ccc(Cl)c(Cl)c1)C[NH+]1CCN(c2ccccc2)CC1. The molecule has 2 aromatic rings. The number of aliphatic hydroxyl groups is 1. The van der Waals surface area contributed by atoms with Gasteiger partial charge in [-0.2, -0.15) is 0 Å². The lowest BCUT2D eigenvalue weighted by Crippen LogP contribution is -3.15. The first kappa shape index (κ1) is 18.9. The van der Waals surface area contributed by atoms with Crippen LogP contribution in [-0.4, -0.2) is 49.7 Å². The molecule has 134 valence electrons. The number of benzene rings is 2. The summed E-state index contributed by atoms with van der Waals surface area (Å²) in [6.07, 6.45) is -0.322. The minimum absolute atomic E-state index is 0.322. The van der Waals surface area contributed by atoms with E-state index in [1.54, 1.807) is 17.8 Å². The van der Waals surface area contributed by atoms with Gasteiger partial charge in [0.15, 0.2) is 0 Å². The van der Waals surface area contributed by atoms with Gasteiger partial charge < -0.3 is 14.9 Å².